The van der Waals surface area contributed by atoms with Crippen LogP contribution in [0.15, 0.2) is 40.6 Å². The molecule has 0 saturated heterocycles. The number of methoxy groups -OCH3 is 2. The number of hydrogen-bond acceptors (Lipinski definition) is 6. The predicted octanol–water partition coefficient (Wildman–Crippen LogP) is 5.00. The zero-order valence-corrected chi connectivity index (χ0v) is 17.3. The lowest BCUT2D eigenvalue weighted by atomic mass is 10.2. The Kier molecular flexibility index (Phi) is 7.37. The molecule has 0 bridgehead atoms. The number of benzene rings is 2. The van der Waals surface area contributed by atoms with E-state index in [-0.39, 0.29) is 5.02 Å². The first kappa shape index (κ1) is 21.7. The van der Waals surface area contributed by atoms with Gasteiger partial charge in [-0.1, -0.05) is 29.3 Å². The average molecular weight is 424 g/mol. The van der Waals surface area contributed by atoms with E-state index in [9.17, 15) is 9.59 Å². The van der Waals surface area contributed by atoms with Crippen LogP contribution in [0.5, 0.6) is 11.5 Å². The number of ketones is 1. The molecule has 0 heterocycles. The molecule has 2 aromatic rings. The van der Waals surface area contributed by atoms with Gasteiger partial charge in [0.1, 0.15) is 0 Å². The van der Waals surface area contributed by atoms with Gasteiger partial charge < -0.3 is 14.8 Å². The summed E-state index contributed by atoms with van der Waals surface area (Å²) in [5.41, 5.74) is 1.64. The lowest BCUT2D eigenvalue weighted by Gasteiger charge is -2.14. The summed E-state index contributed by atoms with van der Waals surface area (Å²) in [4.78, 5) is 24.4. The van der Waals surface area contributed by atoms with E-state index in [1.54, 1.807) is 18.2 Å². The molecule has 28 heavy (non-hydrogen) atoms. The third-order valence-corrected chi connectivity index (χ3v) is 4.47. The highest BCUT2D eigenvalue weighted by atomic mass is 35.5. The number of rotatable bonds is 7. The van der Waals surface area contributed by atoms with Crippen molar-refractivity contribution in [1.29, 1.82) is 0 Å². The number of aryl methyl sites for hydroxylation is 1. The van der Waals surface area contributed by atoms with Crippen molar-refractivity contribution in [2.24, 2.45) is 10.2 Å². The second-order valence-electron chi connectivity index (χ2n) is 5.84. The van der Waals surface area contributed by atoms with E-state index < -0.39 is 17.7 Å². The number of halogens is 2. The van der Waals surface area contributed by atoms with Crippen LogP contribution in [0.4, 0.5) is 11.4 Å². The molecule has 2 aromatic carbocycles. The molecule has 1 N–H and O–H groups in total. The molecule has 9 heteroatoms. The smallest absolute Gasteiger partial charge is 0.258 e. The summed E-state index contributed by atoms with van der Waals surface area (Å²) < 4.78 is 10.3. The SMILES string of the molecule is COc1cc(NC(=O)C(N=Nc2ccc(C)c(Cl)c2)C(C)=O)cc(Cl)c1OC. The largest absolute Gasteiger partial charge is 0.493 e. The summed E-state index contributed by atoms with van der Waals surface area (Å²) in [5.74, 6) is -0.453. The van der Waals surface area contributed by atoms with Crippen LogP contribution in [0.25, 0.3) is 0 Å². The number of Topliss-reactive ketones (excluding diaryl/α,β-unsaturated/α-hetero) is 1. The van der Waals surface area contributed by atoms with Gasteiger partial charge >= 0.3 is 0 Å². The molecule has 0 fully saturated rings. The fourth-order valence-corrected chi connectivity index (χ4v) is 2.75. The molecule has 0 saturated carbocycles. The van der Waals surface area contributed by atoms with Gasteiger partial charge in [-0.3, -0.25) is 9.59 Å². The summed E-state index contributed by atoms with van der Waals surface area (Å²) in [6.45, 7) is 3.11. The summed E-state index contributed by atoms with van der Waals surface area (Å²) in [5, 5.41) is 11.2. The predicted molar refractivity (Wildman–Crippen MR) is 108 cm³/mol. The molecule has 1 amide bonds. The Morgan fingerprint density at radius 2 is 1.79 bits per heavy atom. The maximum atomic E-state index is 12.5. The molecule has 148 valence electrons. The molecule has 1 unspecified atom stereocenters. The van der Waals surface area contributed by atoms with Crippen LogP contribution in [0.3, 0.4) is 0 Å². The highest BCUT2D eigenvalue weighted by molar-refractivity contribution is 6.32. The molecule has 0 aliphatic rings. The molecular weight excluding hydrogens is 405 g/mol. The Bertz CT molecular complexity index is 932. The fraction of sp³-hybridized carbons (Fsp3) is 0.263. The highest BCUT2D eigenvalue weighted by Crippen LogP contribution is 2.37. The number of carbonyl (C=O) groups excluding carboxylic acids is 2. The zero-order valence-electron chi connectivity index (χ0n) is 15.7. The first-order valence-corrected chi connectivity index (χ1v) is 8.92. The van der Waals surface area contributed by atoms with E-state index >= 15 is 0 Å². The van der Waals surface area contributed by atoms with Crippen molar-refractivity contribution in [2.45, 2.75) is 19.9 Å². The normalized spacial score (nSPS) is 11.9. The van der Waals surface area contributed by atoms with Crippen LogP contribution >= 0.6 is 23.2 Å². The number of azo groups is 1. The number of carbonyl (C=O) groups is 2. The fourth-order valence-electron chi connectivity index (χ4n) is 2.29. The monoisotopic (exact) mass is 423 g/mol. The third-order valence-electron chi connectivity index (χ3n) is 3.78. The average Bonchev–Trinajstić information content (AvgIpc) is 2.63. The van der Waals surface area contributed by atoms with Crippen molar-refractivity contribution in [1.82, 2.24) is 0 Å². The number of hydrogen-bond donors (Lipinski definition) is 1. The van der Waals surface area contributed by atoms with Crippen molar-refractivity contribution >= 4 is 46.3 Å². The maximum Gasteiger partial charge on any atom is 0.258 e. The van der Waals surface area contributed by atoms with E-state index in [0.717, 1.165) is 5.56 Å². The molecular formula is C19H19Cl2N3O4. The van der Waals surface area contributed by atoms with Gasteiger partial charge in [-0.25, -0.2) is 0 Å². The van der Waals surface area contributed by atoms with Gasteiger partial charge in [-0.05, 0) is 37.6 Å². The molecule has 0 aromatic heterocycles. The molecule has 7 nitrogen and oxygen atoms in total. The molecule has 0 radical (unpaired) electrons. The second-order valence-corrected chi connectivity index (χ2v) is 6.66. The quantitative estimate of drug-likeness (QED) is 0.501. The summed E-state index contributed by atoms with van der Waals surface area (Å²) in [6, 6.07) is 6.74. The van der Waals surface area contributed by atoms with Crippen LogP contribution in [0.1, 0.15) is 12.5 Å². The Hall–Kier alpha value is -2.64. The van der Waals surface area contributed by atoms with Gasteiger partial charge in [0.15, 0.2) is 17.3 Å². The topological polar surface area (TPSA) is 89.4 Å². The Morgan fingerprint density at radius 1 is 1.07 bits per heavy atom. The van der Waals surface area contributed by atoms with Crippen molar-refractivity contribution in [3.63, 3.8) is 0 Å². The number of anilines is 1. The van der Waals surface area contributed by atoms with Gasteiger partial charge in [0.2, 0.25) is 6.04 Å². The highest BCUT2D eigenvalue weighted by Gasteiger charge is 2.24. The number of ether oxygens (including phenoxy) is 2. The van der Waals surface area contributed by atoms with E-state index in [1.165, 1.54) is 33.3 Å². The van der Waals surface area contributed by atoms with E-state index in [2.05, 4.69) is 15.5 Å². The molecule has 1 atom stereocenters. The van der Waals surface area contributed by atoms with E-state index in [4.69, 9.17) is 32.7 Å². The lowest BCUT2D eigenvalue weighted by molar-refractivity contribution is -0.126. The van der Waals surface area contributed by atoms with Gasteiger partial charge in [0.25, 0.3) is 5.91 Å². The Labute approximate surface area is 172 Å². The standard InChI is InChI=1S/C19H19Cl2N3O4/c1-10-5-6-12(7-14(10)20)23-24-17(11(2)25)19(26)22-13-8-15(21)18(28-4)16(9-13)27-3/h5-9,17H,1-4H3,(H,22,26). The van der Waals surface area contributed by atoms with Gasteiger partial charge in [0, 0.05) is 16.8 Å². The first-order chi connectivity index (χ1) is 13.3. The summed E-state index contributed by atoms with van der Waals surface area (Å²) >= 11 is 12.2. The summed E-state index contributed by atoms with van der Waals surface area (Å²) in [6.07, 6.45) is 0. The van der Waals surface area contributed by atoms with E-state index in [1.807, 2.05) is 6.92 Å². The third kappa shape index (κ3) is 5.21. The minimum absolute atomic E-state index is 0.243. The molecule has 0 spiro atoms. The van der Waals surface area contributed by atoms with Crippen LogP contribution in [-0.4, -0.2) is 32.0 Å². The first-order valence-electron chi connectivity index (χ1n) is 8.16. The minimum Gasteiger partial charge on any atom is -0.493 e. The van der Waals surface area contributed by atoms with Crippen LogP contribution in [0, 0.1) is 6.92 Å². The number of amides is 1. The van der Waals surface area contributed by atoms with Gasteiger partial charge in [0.05, 0.1) is 24.9 Å². The number of nitrogens with one attached hydrogen (secondary N) is 1. The van der Waals surface area contributed by atoms with E-state index in [0.29, 0.717) is 27.9 Å². The molecule has 2 rings (SSSR count). The Balaban J connectivity index is 2.23. The van der Waals surface area contributed by atoms with Crippen molar-refractivity contribution in [2.75, 3.05) is 19.5 Å². The lowest BCUT2D eigenvalue weighted by Crippen LogP contribution is -2.31. The molecule has 0 aliphatic carbocycles. The van der Waals surface area contributed by atoms with Crippen molar-refractivity contribution in [3.05, 3.63) is 45.9 Å². The van der Waals surface area contributed by atoms with Gasteiger partial charge in [-0.2, -0.15) is 10.2 Å². The maximum absolute atomic E-state index is 12.5. The van der Waals surface area contributed by atoms with Crippen LogP contribution in [-0.2, 0) is 9.59 Å². The second kappa shape index (κ2) is 9.52. The van der Waals surface area contributed by atoms with Crippen molar-refractivity contribution < 1.29 is 19.1 Å². The van der Waals surface area contributed by atoms with Crippen LogP contribution in [0.2, 0.25) is 10.0 Å². The van der Waals surface area contributed by atoms with Crippen molar-refractivity contribution in [3.8, 4) is 11.5 Å². The number of nitrogens with zero attached hydrogens (tertiary/aromatic N) is 2. The van der Waals surface area contributed by atoms with Crippen LogP contribution < -0.4 is 14.8 Å². The molecule has 0 aliphatic heterocycles. The zero-order chi connectivity index (χ0) is 20.8. The van der Waals surface area contributed by atoms with Gasteiger partial charge in [-0.15, -0.1) is 0 Å². The summed E-state index contributed by atoms with van der Waals surface area (Å²) in [7, 11) is 2.89. The Morgan fingerprint density at radius 3 is 2.36 bits per heavy atom. The minimum atomic E-state index is -1.33.